The summed E-state index contributed by atoms with van der Waals surface area (Å²) in [6.07, 6.45) is 4.89. The van der Waals surface area contributed by atoms with Crippen molar-refractivity contribution < 1.29 is 13.7 Å². The number of nitrogens with zero attached hydrogens (tertiary/aromatic N) is 1. The van der Waals surface area contributed by atoms with Crippen LogP contribution in [0, 0.1) is 27.7 Å². The monoisotopic (exact) mass is 284 g/mol. The topological polar surface area (TPSA) is 55.2 Å². The predicted molar refractivity (Wildman–Crippen MR) is 72.7 cm³/mol. The zero-order chi connectivity index (χ0) is 14.7. The molecule has 0 aliphatic heterocycles. The van der Waals surface area contributed by atoms with Crippen molar-refractivity contribution in [2.45, 2.75) is 45.1 Å². The van der Waals surface area contributed by atoms with Crippen molar-refractivity contribution in [3.8, 4) is 0 Å². The second-order valence-electron chi connectivity index (χ2n) is 5.50. The normalized spacial score (nSPS) is 23.1. The minimum atomic E-state index is -0.908. The molecule has 1 aliphatic rings. The molecular weight excluding hydrogens is 266 g/mol. The molecule has 2 atom stereocenters. The molecule has 110 valence electrons. The first-order valence-electron chi connectivity index (χ1n) is 6.87. The Morgan fingerprint density at radius 2 is 1.85 bits per heavy atom. The van der Waals surface area contributed by atoms with E-state index < -0.39 is 22.2 Å². The Morgan fingerprint density at radius 3 is 2.45 bits per heavy atom. The number of rotatable bonds is 3. The third-order valence-electron chi connectivity index (χ3n) is 3.84. The van der Waals surface area contributed by atoms with Gasteiger partial charge in [0, 0.05) is 6.04 Å². The van der Waals surface area contributed by atoms with Crippen LogP contribution in [0.1, 0.15) is 39.0 Å². The van der Waals surface area contributed by atoms with Crippen molar-refractivity contribution in [2.24, 2.45) is 5.92 Å². The van der Waals surface area contributed by atoms with E-state index in [9.17, 15) is 18.9 Å². The quantitative estimate of drug-likeness (QED) is 0.512. The van der Waals surface area contributed by atoms with Gasteiger partial charge in [-0.1, -0.05) is 19.8 Å². The molecule has 2 unspecified atom stereocenters. The molecule has 6 heteroatoms. The Morgan fingerprint density at radius 1 is 1.20 bits per heavy atom. The van der Waals surface area contributed by atoms with E-state index in [-0.39, 0.29) is 11.7 Å². The largest absolute Gasteiger partial charge is 0.378 e. The molecule has 0 saturated heterocycles. The summed E-state index contributed by atoms with van der Waals surface area (Å²) >= 11 is 0. The van der Waals surface area contributed by atoms with Crippen molar-refractivity contribution in [1.82, 2.24) is 0 Å². The van der Waals surface area contributed by atoms with E-state index in [1.807, 2.05) is 0 Å². The molecule has 0 heterocycles. The molecule has 0 spiro atoms. The van der Waals surface area contributed by atoms with Gasteiger partial charge in [-0.15, -0.1) is 0 Å². The van der Waals surface area contributed by atoms with Gasteiger partial charge >= 0.3 is 0 Å². The van der Waals surface area contributed by atoms with Gasteiger partial charge in [0.05, 0.1) is 17.1 Å². The number of anilines is 1. The van der Waals surface area contributed by atoms with Crippen LogP contribution < -0.4 is 5.32 Å². The Kier molecular flexibility index (Phi) is 4.52. The second kappa shape index (κ2) is 6.15. The van der Waals surface area contributed by atoms with Gasteiger partial charge in [-0.2, -0.15) is 0 Å². The van der Waals surface area contributed by atoms with Gasteiger partial charge in [0.15, 0.2) is 11.6 Å². The molecule has 1 aromatic carbocycles. The lowest BCUT2D eigenvalue weighted by Gasteiger charge is -2.18. The Hall–Kier alpha value is -1.72. The molecular formula is C14H18F2N2O2. The standard InChI is InChI=1S/C14H18F2N2O2/c1-9-3-2-4-10(6-5-9)17-14-12(15)7-11(18(19)20)8-13(14)16/h7-10,17H,2-6H2,1H3. The summed E-state index contributed by atoms with van der Waals surface area (Å²) in [5.74, 6) is -1.18. The lowest BCUT2D eigenvalue weighted by molar-refractivity contribution is -0.385. The van der Waals surface area contributed by atoms with Gasteiger partial charge < -0.3 is 5.32 Å². The first-order valence-corrected chi connectivity index (χ1v) is 6.87. The third kappa shape index (κ3) is 3.43. The number of hydrogen-bond acceptors (Lipinski definition) is 3. The summed E-state index contributed by atoms with van der Waals surface area (Å²) in [5, 5.41) is 13.4. The first-order chi connectivity index (χ1) is 9.47. The highest BCUT2D eigenvalue weighted by molar-refractivity contribution is 5.52. The van der Waals surface area contributed by atoms with Crippen LogP contribution in [0.2, 0.25) is 0 Å². The van der Waals surface area contributed by atoms with Crippen molar-refractivity contribution in [3.63, 3.8) is 0 Å². The van der Waals surface area contributed by atoms with E-state index in [0.717, 1.165) is 44.2 Å². The fourth-order valence-electron chi connectivity index (χ4n) is 2.64. The van der Waals surface area contributed by atoms with E-state index in [2.05, 4.69) is 12.2 Å². The smallest absolute Gasteiger partial charge is 0.275 e. The summed E-state index contributed by atoms with van der Waals surface area (Å²) in [6.45, 7) is 2.18. The van der Waals surface area contributed by atoms with Gasteiger partial charge in [-0.25, -0.2) is 8.78 Å². The Bertz CT molecular complexity index is 485. The van der Waals surface area contributed by atoms with Gasteiger partial charge in [-0.3, -0.25) is 10.1 Å². The zero-order valence-corrected chi connectivity index (χ0v) is 11.4. The highest BCUT2D eigenvalue weighted by Gasteiger charge is 2.21. The Balaban J connectivity index is 2.14. The minimum absolute atomic E-state index is 0.0189. The number of non-ortho nitro benzene ring substituents is 1. The average molecular weight is 284 g/mol. The Labute approximate surface area is 116 Å². The van der Waals surface area contributed by atoms with Crippen LogP contribution in [0.15, 0.2) is 12.1 Å². The molecule has 0 amide bonds. The third-order valence-corrected chi connectivity index (χ3v) is 3.84. The van der Waals surface area contributed by atoms with Crippen LogP contribution >= 0.6 is 0 Å². The van der Waals surface area contributed by atoms with E-state index >= 15 is 0 Å². The van der Waals surface area contributed by atoms with E-state index in [1.54, 1.807) is 0 Å². The number of nitrogens with one attached hydrogen (secondary N) is 1. The minimum Gasteiger partial charge on any atom is -0.378 e. The SMILES string of the molecule is CC1CCCC(Nc2c(F)cc([N+](=O)[O-])cc2F)CC1. The molecule has 1 aromatic rings. The van der Waals surface area contributed by atoms with Crippen LogP contribution in [-0.4, -0.2) is 11.0 Å². The average Bonchev–Trinajstić information content (AvgIpc) is 2.58. The predicted octanol–water partition coefficient (Wildman–Crippen LogP) is 4.25. The highest BCUT2D eigenvalue weighted by atomic mass is 19.1. The summed E-state index contributed by atoms with van der Waals surface area (Å²) in [6, 6.07) is 1.53. The van der Waals surface area contributed by atoms with Crippen LogP contribution in [0.5, 0.6) is 0 Å². The maximum atomic E-state index is 13.8. The fraction of sp³-hybridized carbons (Fsp3) is 0.571. The molecule has 1 aliphatic carbocycles. The first kappa shape index (κ1) is 14.7. The van der Waals surface area contributed by atoms with Crippen molar-refractivity contribution in [2.75, 3.05) is 5.32 Å². The second-order valence-corrected chi connectivity index (χ2v) is 5.50. The molecule has 4 nitrogen and oxygen atoms in total. The van der Waals surface area contributed by atoms with Crippen LogP contribution in [0.4, 0.5) is 20.2 Å². The van der Waals surface area contributed by atoms with Gasteiger partial charge in [-0.05, 0) is 25.2 Å². The molecule has 1 saturated carbocycles. The number of halogens is 2. The fourth-order valence-corrected chi connectivity index (χ4v) is 2.64. The van der Waals surface area contributed by atoms with Crippen molar-refractivity contribution in [3.05, 3.63) is 33.9 Å². The maximum absolute atomic E-state index is 13.8. The molecule has 2 rings (SSSR count). The number of nitro groups is 1. The maximum Gasteiger partial charge on any atom is 0.275 e. The summed E-state index contributed by atoms with van der Waals surface area (Å²) in [7, 11) is 0. The molecule has 20 heavy (non-hydrogen) atoms. The summed E-state index contributed by atoms with van der Waals surface area (Å²) < 4.78 is 27.6. The van der Waals surface area contributed by atoms with Crippen LogP contribution in [-0.2, 0) is 0 Å². The van der Waals surface area contributed by atoms with Crippen LogP contribution in [0.3, 0.4) is 0 Å². The van der Waals surface area contributed by atoms with E-state index in [0.29, 0.717) is 5.92 Å². The lowest BCUT2D eigenvalue weighted by atomic mass is 10.0. The number of benzene rings is 1. The van der Waals surface area contributed by atoms with Gasteiger partial charge in [0.1, 0.15) is 5.69 Å². The van der Waals surface area contributed by atoms with Crippen molar-refractivity contribution >= 4 is 11.4 Å². The molecule has 1 fully saturated rings. The molecule has 0 aromatic heterocycles. The number of nitro benzene ring substituents is 1. The molecule has 0 bridgehead atoms. The summed E-state index contributed by atoms with van der Waals surface area (Å²) in [4.78, 5) is 9.74. The van der Waals surface area contributed by atoms with E-state index in [4.69, 9.17) is 0 Å². The molecule has 1 N–H and O–H groups in total. The van der Waals surface area contributed by atoms with Gasteiger partial charge in [0.25, 0.3) is 5.69 Å². The van der Waals surface area contributed by atoms with Crippen LogP contribution in [0.25, 0.3) is 0 Å². The molecule has 0 radical (unpaired) electrons. The lowest BCUT2D eigenvalue weighted by Crippen LogP contribution is -2.20. The highest BCUT2D eigenvalue weighted by Crippen LogP contribution is 2.29. The van der Waals surface area contributed by atoms with E-state index in [1.165, 1.54) is 0 Å². The van der Waals surface area contributed by atoms with Crippen molar-refractivity contribution in [1.29, 1.82) is 0 Å². The van der Waals surface area contributed by atoms with Gasteiger partial charge in [0.2, 0.25) is 0 Å². The zero-order valence-electron chi connectivity index (χ0n) is 11.4. The number of hydrogen-bond donors (Lipinski definition) is 1. The summed E-state index contributed by atoms with van der Waals surface area (Å²) in [5.41, 5.74) is -0.824.